The number of allylic oxidation sites excluding steroid dienone is 4. The van der Waals surface area contributed by atoms with Gasteiger partial charge in [-0.3, -0.25) is 9.36 Å². The van der Waals surface area contributed by atoms with Gasteiger partial charge >= 0.3 is 0 Å². The average Bonchev–Trinajstić information content (AvgIpc) is 3.17. The van der Waals surface area contributed by atoms with Crippen LogP contribution < -0.4 is 0 Å². The Kier molecular flexibility index (Phi) is 6.82. The second kappa shape index (κ2) is 9.72. The number of hydrogen-bond acceptors (Lipinski definition) is 3. The third kappa shape index (κ3) is 4.78. The van der Waals surface area contributed by atoms with Crippen LogP contribution in [0.3, 0.4) is 0 Å². The number of imidazole rings is 1. The molecule has 0 fully saturated rings. The molecule has 3 rings (SSSR count). The van der Waals surface area contributed by atoms with Gasteiger partial charge in [-0.05, 0) is 29.7 Å². The van der Waals surface area contributed by atoms with Crippen LogP contribution in [0.25, 0.3) is 11.3 Å². The van der Waals surface area contributed by atoms with Crippen molar-refractivity contribution in [2.24, 2.45) is 0 Å². The summed E-state index contributed by atoms with van der Waals surface area (Å²) < 4.78 is 2.13. The Morgan fingerprint density at radius 3 is 2.54 bits per heavy atom. The zero-order chi connectivity index (χ0) is 19.8. The molecule has 0 bridgehead atoms. The second-order valence-corrected chi connectivity index (χ2v) is 7.24. The summed E-state index contributed by atoms with van der Waals surface area (Å²) in [5.41, 5.74) is 4.80. The number of nitrogens with zero attached hydrogens (tertiary/aromatic N) is 2. The van der Waals surface area contributed by atoms with E-state index in [0.29, 0.717) is 5.56 Å². The summed E-state index contributed by atoms with van der Waals surface area (Å²) in [5, 5.41) is 0.930. The molecule has 0 aliphatic carbocycles. The number of rotatable bonds is 9. The van der Waals surface area contributed by atoms with Gasteiger partial charge in [0.2, 0.25) is 0 Å². The standard InChI is InChI=1S/C24H22N2OS/c1-3-4-8-19(2)23-17-25-24(26(23)22-9-6-5-7-10-22)28-16-15-20-11-13-21(18-27)14-12-20/h3-14,17-18H,1-2,15-16H2/b8-4-. The molecule has 0 saturated carbocycles. The molecular weight excluding hydrogens is 364 g/mol. The first-order valence-corrected chi connectivity index (χ1v) is 10.00. The summed E-state index contributed by atoms with van der Waals surface area (Å²) in [6, 6.07) is 17.9. The van der Waals surface area contributed by atoms with Gasteiger partial charge in [-0.2, -0.15) is 0 Å². The monoisotopic (exact) mass is 386 g/mol. The molecule has 0 radical (unpaired) electrons. The number of benzene rings is 2. The lowest BCUT2D eigenvalue weighted by molar-refractivity contribution is 0.112. The number of aromatic nitrogens is 2. The molecule has 0 amide bonds. The highest BCUT2D eigenvalue weighted by Crippen LogP contribution is 2.27. The highest BCUT2D eigenvalue weighted by atomic mass is 32.2. The number of thioether (sulfide) groups is 1. The second-order valence-electron chi connectivity index (χ2n) is 6.17. The molecule has 0 atom stereocenters. The summed E-state index contributed by atoms with van der Waals surface area (Å²) in [7, 11) is 0. The van der Waals surface area contributed by atoms with E-state index >= 15 is 0 Å². The fourth-order valence-corrected chi connectivity index (χ4v) is 3.76. The van der Waals surface area contributed by atoms with E-state index in [1.807, 2.05) is 60.8 Å². The van der Waals surface area contributed by atoms with Gasteiger partial charge in [-0.1, -0.05) is 85.6 Å². The van der Waals surface area contributed by atoms with Crippen molar-refractivity contribution >= 4 is 23.6 Å². The molecule has 1 heterocycles. The van der Waals surface area contributed by atoms with E-state index in [-0.39, 0.29) is 0 Å². The molecule has 2 aromatic carbocycles. The maximum absolute atomic E-state index is 10.8. The molecule has 0 spiro atoms. The normalized spacial score (nSPS) is 10.9. The number of carbonyl (C=O) groups excluding carboxylic acids is 1. The number of hydrogen-bond donors (Lipinski definition) is 0. The molecule has 0 aliphatic heterocycles. The molecule has 3 aromatic rings. The summed E-state index contributed by atoms with van der Waals surface area (Å²) in [6.45, 7) is 7.89. The van der Waals surface area contributed by atoms with Crippen LogP contribution in [0.4, 0.5) is 0 Å². The number of para-hydroxylation sites is 1. The van der Waals surface area contributed by atoms with Gasteiger partial charge in [-0.15, -0.1) is 0 Å². The van der Waals surface area contributed by atoms with Crippen LogP contribution in [0.5, 0.6) is 0 Å². The quantitative estimate of drug-likeness (QED) is 0.266. The largest absolute Gasteiger partial charge is 0.298 e. The predicted octanol–water partition coefficient (Wildman–Crippen LogP) is 5.78. The van der Waals surface area contributed by atoms with Gasteiger partial charge in [0.25, 0.3) is 0 Å². The summed E-state index contributed by atoms with van der Waals surface area (Å²) >= 11 is 1.71. The Hall–Kier alpha value is -3.11. The lowest BCUT2D eigenvalue weighted by Gasteiger charge is -2.12. The Bertz CT molecular complexity index is 985. The number of aryl methyl sites for hydroxylation is 1. The first-order valence-electron chi connectivity index (χ1n) is 9.01. The van der Waals surface area contributed by atoms with Crippen LogP contribution in [0, 0.1) is 0 Å². The van der Waals surface area contributed by atoms with E-state index in [4.69, 9.17) is 0 Å². The summed E-state index contributed by atoms with van der Waals surface area (Å²) in [6.07, 6.45) is 9.18. The minimum atomic E-state index is 0.701. The molecule has 0 N–H and O–H groups in total. The van der Waals surface area contributed by atoms with E-state index in [9.17, 15) is 4.79 Å². The van der Waals surface area contributed by atoms with Crippen molar-refractivity contribution in [2.45, 2.75) is 11.6 Å². The molecule has 3 nitrogen and oxygen atoms in total. The Morgan fingerprint density at radius 2 is 1.86 bits per heavy atom. The zero-order valence-corrected chi connectivity index (χ0v) is 16.4. The maximum atomic E-state index is 10.8. The third-order valence-electron chi connectivity index (χ3n) is 4.24. The van der Waals surface area contributed by atoms with Crippen molar-refractivity contribution in [3.8, 4) is 5.69 Å². The molecule has 1 aromatic heterocycles. The van der Waals surface area contributed by atoms with Crippen molar-refractivity contribution < 1.29 is 4.79 Å². The smallest absolute Gasteiger partial charge is 0.173 e. The fraction of sp³-hybridized carbons (Fsp3) is 0.0833. The van der Waals surface area contributed by atoms with E-state index in [1.54, 1.807) is 17.8 Å². The van der Waals surface area contributed by atoms with Crippen LogP contribution in [0.2, 0.25) is 0 Å². The Morgan fingerprint density at radius 1 is 1.11 bits per heavy atom. The van der Waals surface area contributed by atoms with E-state index in [1.165, 1.54) is 5.56 Å². The van der Waals surface area contributed by atoms with E-state index < -0.39 is 0 Å². The Labute approximate surface area is 170 Å². The molecular formula is C24H22N2OS. The van der Waals surface area contributed by atoms with Gasteiger partial charge in [0, 0.05) is 17.0 Å². The van der Waals surface area contributed by atoms with Crippen LogP contribution in [0.1, 0.15) is 21.6 Å². The van der Waals surface area contributed by atoms with Crippen LogP contribution in [-0.4, -0.2) is 21.6 Å². The predicted molar refractivity (Wildman–Crippen MR) is 118 cm³/mol. The first kappa shape index (κ1) is 19.6. The molecule has 0 aliphatic rings. The van der Waals surface area contributed by atoms with Gasteiger partial charge < -0.3 is 0 Å². The topological polar surface area (TPSA) is 34.9 Å². The summed E-state index contributed by atoms with van der Waals surface area (Å²) in [4.78, 5) is 15.4. The SMILES string of the molecule is C=C/C=C\C(=C)c1cnc(SCCc2ccc(C=O)cc2)n1-c1ccccc1. The number of aldehydes is 1. The zero-order valence-electron chi connectivity index (χ0n) is 15.6. The van der Waals surface area contributed by atoms with Crippen molar-refractivity contribution in [1.29, 1.82) is 0 Å². The highest BCUT2D eigenvalue weighted by molar-refractivity contribution is 7.99. The van der Waals surface area contributed by atoms with Crippen LogP contribution >= 0.6 is 11.8 Å². The first-order chi connectivity index (χ1) is 13.7. The van der Waals surface area contributed by atoms with Crippen molar-refractivity contribution in [3.63, 3.8) is 0 Å². The maximum Gasteiger partial charge on any atom is 0.173 e. The van der Waals surface area contributed by atoms with Crippen molar-refractivity contribution in [2.75, 3.05) is 5.75 Å². The van der Waals surface area contributed by atoms with Crippen molar-refractivity contribution in [1.82, 2.24) is 9.55 Å². The molecule has 0 saturated heterocycles. The van der Waals surface area contributed by atoms with Crippen LogP contribution in [-0.2, 0) is 6.42 Å². The van der Waals surface area contributed by atoms with Gasteiger partial charge in [0.15, 0.2) is 5.16 Å². The molecule has 140 valence electrons. The summed E-state index contributed by atoms with van der Waals surface area (Å²) in [5.74, 6) is 0.888. The lowest BCUT2D eigenvalue weighted by Crippen LogP contribution is -2.01. The van der Waals surface area contributed by atoms with Gasteiger partial charge in [0.1, 0.15) is 6.29 Å². The minimum absolute atomic E-state index is 0.701. The minimum Gasteiger partial charge on any atom is -0.298 e. The molecule has 0 unspecified atom stereocenters. The fourth-order valence-electron chi connectivity index (χ4n) is 2.78. The average molecular weight is 387 g/mol. The number of carbonyl (C=O) groups is 1. The third-order valence-corrected chi connectivity index (χ3v) is 5.20. The van der Waals surface area contributed by atoms with E-state index in [0.717, 1.165) is 40.6 Å². The molecule has 28 heavy (non-hydrogen) atoms. The highest BCUT2D eigenvalue weighted by Gasteiger charge is 2.13. The van der Waals surface area contributed by atoms with E-state index in [2.05, 4.69) is 34.8 Å². The van der Waals surface area contributed by atoms with Gasteiger partial charge in [0.05, 0.1) is 11.9 Å². The van der Waals surface area contributed by atoms with Crippen LogP contribution in [0.15, 0.2) is 97.3 Å². The lowest BCUT2D eigenvalue weighted by atomic mass is 10.1. The molecule has 4 heteroatoms. The Balaban J connectivity index is 1.80. The van der Waals surface area contributed by atoms with Gasteiger partial charge in [-0.25, -0.2) is 4.98 Å². The van der Waals surface area contributed by atoms with Crippen molar-refractivity contribution in [3.05, 3.63) is 109 Å².